The Morgan fingerprint density at radius 3 is 2.75 bits per heavy atom. The predicted octanol–water partition coefficient (Wildman–Crippen LogP) is 2.48. The van der Waals surface area contributed by atoms with Gasteiger partial charge in [0.25, 0.3) is 0 Å². The molecule has 1 amide bonds. The zero-order valence-corrected chi connectivity index (χ0v) is 11.5. The molecule has 3 rings (SSSR count). The lowest BCUT2D eigenvalue weighted by Gasteiger charge is -2.16. The zero-order chi connectivity index (χ0) is 13.9. The summed E-state index contributed by atoms with van der Waals surface area (Å²) in [6.07, 6.45) is 0.827. The molecular formula is C16H18N2O2. The number of para-hydroxylation sites is 1. The van der Waals surface area contributed by atoms with Crippen molar-refractivity contribution in [2.24, 2.45) is 0 Å². The number of hydrogen-bond donors (Lipinski definition) is 1. The number of hydrogen-bond acceptors (Lipinski definition) is 3. The van der Waals surface area contributed by atoms with Crippen LogP contribution in [-0.4, -0.2) is 18.5 Å². The molecule has 1 aromatic carbocycles. The molecule has 1 fully saturated rings. The number of benzene rings is 1. The van der Waals surface area contributed by atoms with Crippen LogP contribution in [0.4, 0.5) is 5.69 Å². The van der Waals surface area contributed by atoms with Gasteiger partial charge in [-0.1, -0.05) is 18.2 Å². The molecule has 1 aliphatic rings. The summed E-state index contributed by atoms with van der Waals surface area (Å²) in [5.74, 6) is 1.90. The van der Waals surface area contributed by atoms with Gasteiger partial charge in [-0.25, -0.2) is 0 Å². The first-order valence-electron chi connectivity index (χ1n) is 6.89. The molecular weight excluding hydrogens is 252 g/mol. The van der Waals surface area contributed by atoms with E-state index in [4.69, 9.17) is 4.42 Å². The Bertz CT molecular complexity index is 592. The van der Waals surface area contributed by atoms with Crippen molar-refractivity contribution in [1.29, 1.82) is 0 Å². The highest BCUT2D eigenvalue weighted by Crippen LogP contribution is 2.21. The second-order valence-corrected chi connectivity index (χ2v) is 5.06. The van der Waals surface area contributed by atoms with Gasteiger partial charge in [-0.3, -0.25) is 10.1 Å². The molecule has 1 atom stereocenters. The van der Waals surface area contributed by atoms with Gasteiger partial charge in [0.2, 0.25) is 5.91 Å². The highest BCUT2D eigenvalue weighted by atomic mass is 16.3. The summed E-state index contributed by atoms with van der Waals surface area (Å²) < 4.78 is 5.50. The van der Waals surface area contributed by atoms with E-state index in [2.05, 4.69) is 5.32 Å². The summed E-state index contributed by atoms with van der Waals surface area (Å²) in [5.41, 5.74) is 0.968. The minimum atomic E-state index is -0.124. The summed E-state index contributed by atoms with van der Waals surface area (Å²) in [6.45, 7) is 3.27. The van der Waals surface area contributed by atoms with Crippen LogP contribution in [0.25, 0.3) is 0 Å². The maximum Gasteiger partial charge on any atom is 0.244 e. The smallest absolute Gasteiger partial charge is 0.244 e. The van der Waals surface area contributed by atoms with Crippen molar-refractivity contribution in [1.82, 2.24) is 5.32 Å². The van der Waals surface area contributed by atoms with Crippen LogP contribution in [0.1, 0.15) is 17.9 Å². The van der Waals surface area contributed by atoms with Gasteiger partial charge in [-0.05, 0) is 37.6 Å². The third-order valence-electron chi connectivity index (χ3n) is 3.59. The van der Waals surface area contributed by atoms with Crippen molar-refractivity contribution in [3.05, 3.63) is 54.0 Å². The van der Waals surface area contributed by atoms with Gasteiger partial charge < -0.3 is 9.32 Å². The summed E-state index contributed by atoms with van der Waals surface area (Å²) in [4.78, 5) is 14.2. The number of carbonyl (C=O) groups is 1. The quantitative estimate of drug-likeness (QED) is 0.928. The lowest BCUT2D eigenvalue weighted by molar-refractivity contribution is -0.118. The third-order valence-corrected chi connectivity index (χ3v) is 3.59. The van der Waals surface area contributed by atoms with Gasteiger partial charge in [-0.15, -0.1) is 0 Å². The number of furan rings is 1. The van der Waals surface area contributed by atoms with Crippen molar-refractivity contribution in [2.45, 2.75) is 25.9 Å². The maximum absolute atomic E-state index is 12.4. The molecule has 1 aromatic heterocycles. The van der Waals surface area contributed by atoms with Gasteiger partial charge in [-0.2, -0.15) is 0 Å². The first kappa shape index (κ1) is 12.9. The molecule has 104 valence electrons. The standard InChI is InChI=1S/C16H18N2O2/c1-12-7-8-14(20-12)11-17-15-9-10-18(16(15)19)13-5-3-2-4-6-13/h2-8,15,17H,9-11H2,1H3. The van der Waals surface area contributed by atoms with Crippen LogP contribution >= 0.6 is 0 Å². The van der Waals surface area contributed by atoms with Crippen molar-refractivity contribution in [3.63, 3.8) is 0 Å². The fourth-order valence-corrected chi connectivity index (χ4v) is 2.54. The first-order valence-corrected chi connectivity index (χ1v) is 6.89. The molecule has 0 bridgehead atoms. The fraction of sp³-hybridized carbons (Fsp3) is 0.312. The Labute approximate surface area is 118 Å². The molecule has 0 radical (unpaired) electrons. The average molecular weight is 270 g/mol. The van der Waals surface area contributed by atoms with E-state index >= 15 is 0 Å². The average Bonchev–Trinajstić information content (AvgIpc) is 3.04. The fourth-order valence-electron chi connectivity index (χ4n) is 2.54. The molecule has 1 aliphatic heterocycles. The van der Waals surface area contributed by atoms with E-state index in [9.17, 15) is 4.79 Å². The first-order chi connectivity index (χ1) is 9.74. The van der Waals surface area contributed by atoms with Crippen molar-refractivity contribution in [2.75, 3.05) is 11.4 Å². The molecule has 0 spiro atoms. The summed E-state index contributed by atoms with van der Waals surface area (Å²) in [6, 6.07) is 13.6. The van der Waals surface area contributed by atoms with Crippen molar-refractivity contribution in [3.8, 4) is 0 Å². The van der Waals surface area contributed by atoms with Crippen LogP contribution in [0.2, 0.25) is 0 Å². The molecule has 2 heterocycles. The second-order valence-electron chi connectivity index (χ2n) is 5.06. The molecule has 20 heavy (non-hydrogen) atoms. The van der Waals surface area contributed by atoms with Gasteiger partial charge in [0, 0.05) is 12.2 Å². The van der Waals surface area contributed by atoms with E-state index in [0.717, 1.165) is 30.2 Å². The van der Waals surface area contributed by atoms with Gasteiger partial charge >= 0.3 is 0 Å². The van der Waals surface area contributed by atoms with Crippen LogP contribution in [0.15, 0.2) is 46.9 Å². The molecule has 0 aliphatic carbocycles. The highest BCUT2D eigenvalue weighted by Gasteiger charge is 2.32. The van der Waals surface area contributed by atoms with E-state index in [-0.39, 0.29) is 11.9 Å². The van der Waals surface area contributed by atoms with Gasteiger partial charge in [0.05, 0.1) is 12.6 Å². The van der Waals surface area contributed by atoms with E-state index in [1.54, 1.807) is 0 Å². The summed E-state index contributed by atoms with van der Waals surface area (Å²) >= 11 is 0. The minimum Gasteiger partial charge on any atom is -0.465 e. The van der Waals surface area contributed by atoms with Crippen LogP contribution in [-0.2, 0) is 11.3 Å². The number of aryl methyl sites for hydroxylation is 1. The summed E-state index contributed by atoms with van der Waals surface area (Å²) in [5, 5.41) is 3.28. The van der Waals surface area contributed by atoms with Crippen molar-refractivity contribution < 1.29 is 9.21 Å². The molecule has 2 aromatic rings. The van der Waals surface area contributed by atoms with Gasteiger partial charge in [0.15, 0.2) is 0 Å². The Morgan fingerprint density at radius 1 is 1.25 bits per heavy atom. The third kappa shape index (κ3) is 2.60. The Kier molecular flexibility index (Phi) is 3.56. The lowest BCUT2D eigenvalue weighted by atomic mass is 10.2. The SMILES string of the molecule is Cc1ccc(CNC2CCN(c3ccccc3)C2=O)o1. The number of carbonyl (C=O) groups excluding carboxylic acids is 1. The minimum absolute atomic E-state index is 0.124. The Balaban J connectivity index is 1.61. The van der Waals surface area contributed by atoms with Gasteiger partial charge in [0.1, 0.15) is 11.5 Å². The normalized spacial score (nSPS) is 18.8. The molecule has 1 saturated heterocycles. The maximum atomic E-state index is 12.4. The number of rotatable bonds is 4. The number of amides is 1. The largest absolute Gasteiger partial charge is 0.465 e. The zero-order valence-electron chi connectivity index (χ0n) is 11.5. The van der Waals surface area contributed by atoms with E-state index in [1.165, 1.54) is 0 Å². The van der Waals surface area contributed by atoms with E-state index < -0.39 is 0 Å². The second kappa shape index (κ2) is 5.51. The Morgan fingerprint density at radius 2 is 2.05 bits per heavy atom. The molecule has 1 unspecified atom stereocenters. The molecule has 0 saturated carbocycles. The van der Waals surface area contributed by atoms with E-state index in [1.807, 2.05) is 54.3 Å². The number of anilines is 1. The summed E-state index contributed by atoms with van der Waals surface area (Å²) in [7, 11) is 0. The van der Waals surface area contributed by atoms with Crippen LogP contribution < -0.4 is 10.2 Å². The Hall–Kier alpha value is -2.07. The van der Waals surface area contributed by atoms with Crippen LogP contribution in [0.3, 0.4) is 0 Å². The molecule has 4 nitrogen and oxygen atoms in total. The number of nitrogens with zero attached hydrogens (tertiary/aromatic N) is 1. The van der Waals surface area contributed by atoms with Crippen LogP contribution in [0.5, 0.6) is 0 Å². The van der Waals surface area contributed by atoms with Crippen LogP contribution in [0, 0.1) is 6.92 Å². The van der Waals surface area contributed by atoms with E-state index in [0.29, 0.717) is 6.54 Å². The molecule has 4 heteroatoms. The highest BCUT2D eigenvalue weighted by molar-refractivity contribution is 5.99. The monoisotopic (exact) mass is 270 g/mol. The van der Waals surface area contributed by atoms with Crippen molar-refractivity contribution >= 4 is 11.6 Å². The predicted molar refractivity (Wildman–Crippen MR) is 77.5 cm³/mol. The number of nitrogens with one attached hydrogen (secondary N) is 1. The topological polar surface area (TPSA) is 45.5 Å². The molecule has 1 N–H and O–H groups in total. The lowest BCUT2D eigenvalue weighted by Crippen LogP contribution is -2.37.